The van der Waals surface area contributed by atoms with E-state index >= 15 is 0 Å². The first-order valence-electron chi connectivity index (χ1n) is 9.32. The van der Waals surface area contributed by atoms with Gasteiger partial charge in [0, 0.05) is 36.7 Å². The highest BCUT2D eigenvalue weighted by Gasteiger charge is 2.24. The van der Waals surface area contributed by atoms with Gasteiger partial charge in [-0.25, -0.2) is 9.98 Å². The van der Waals surface area contributed by atoms with E-state index in [2.05, 4.69) is 68.5 Å². The molecular weight excluding hydrogens is 338 g/mol. The first-order valence-corrected chi connectivity index (χ1v) is 9.32. The summed E-state index contributed by atoms with van der Waals surface area (Å²) in [6.45, 7) is 6.17. The second-order valence-electron chi connectivity index (χ2n) is 7.07. The summed E-state index contributed by atoms with van der Waals surface area (Å²) in [7, 11) is 0. The van der Waals surface area contributed by atoms with E-state index in [9.17, 15) is 0 Å². The minimum absolute atomic E-state index is 0.476. The smallest absolute Gasteiger partial charge is 0.165 e. The van der Waals surface area contributed by atoms with Gasteiger partial charge in [-0.3, -0.25) is 5.10 Å². The second-order valence-corrected chi connectivity index (χ2v) is 7.07. The number of aromatic nitrogens is 2. The van der Waals surface area contributed by atoms with E-state index in [1.165, 1.54) is 11.3 Å². The van der Waals surface area contributed by atoms with Gasteiger partial charge in [-0.15, -0.1) is 0 Å². The van der Waals surface area contributed by atoms with Crippen molar-refractivity contribution in [2.24, 2.45) is 15.7 Å². The summed E-state index contributed by atoms with van der Waals surface area (Å²) in [6, 6.07) is 8.93. The van der Waals surface area contributed by atoms with Crippen LogP contribution in [0.1, 0.15) is 30.9 Å². The molecule has 1 aromatic carbocycles. The molecule has 0 saturated carbocycles. The first kappa shape index (κ1) is 17.3. The number of anilines is 1. The molecule has 7 nitrogen and oxygen atoms in total. The second kappa shape index (κ2) is 7.26. The van der Waals surface area contributed by atoms with Gasteiger partial charge in [-0.1, -0.05) is 18.2 Å². The van der Waals surface area contributed by atoms with Crippen LogP contribution in [0.15, 0.2) is 58.0 Å². The molecule has 1 fully saturated rings. The highest BCUT2D eigenvalue weighted by atomic mass is 15.2. The fourth-order valence-corrected chi connectivity index (χ4v) is 3.59. The third-order valence-corrected chi connectivity index (χ3v) is 5.26. The molecule has 0 spiro atoms. The summed E-state index contributed by atoms with van der Waals surface area (Å²) >= 11 is 0. The van der Waals surface area contributed by atoms with Gasteiger partial charge in [-0.2, -0.15) is 5.10 Å². The Morgan fingerprint density at radius 1 is 1.22 bits per heavy atom. The van der Waals surface area contributed by atoms with Gasteiger partial charge in [0.2, 0.25) is 0 Å². The lowest BCUT2D eigenvalue weighted by Crippen LogP contribution is -2.39. The van der Waals surface area contributed by atoms with Crippen molar-refractivity contribution in [3.8, 4) is 0 Å². The minimum Gasteiger partial charge on any atom is -0.382 e. The first-order chi connectivity index (χ1) is 13.1. The number of nitrogens with two attached hydrogens (primary N) is 1. The van der Waals surface area contributed by atoms with Crippen molar-refractivity contribution >= 4 is 17.4 Å². The third-order valence-electron chi connectivity index (χ3n) is 5.26. The van der Waals surface area contributed by atoms with Gasteiger partial charge < -0.3 is 16.0 Å². The average molecular weight is 363 g/mol. The monoisotopic (exact) mass is 363 g/mol. The Kier molecular flexibility index (Phi) is 4.66. The number of para-hydroxylation sites is 1. The molecule has 1 saturated heterocycles. The Labute approximate surface area is 159 Å². The highest BCUT2D eigenvalue weighted by molar-refractivity contribution is 6.16. The Morgan fingerprint density at radius 2 is 2.00 bits per heavy atom. The average Bonchev–Trinajstić information content (AvgIpc) is 3.33. The number of benzene rings is 1. The maximum Gasteiger partial charge on any atom is 0.165 e. The van der Waals surface area contributed by atoms with E-state index < -0.39 is 0 Å². The maximum absolute atomic E-state index is 6.14. The zero-order valence-corrected chi connectivity index (χ0v) is 15.7. The molecule has 140 valence electrons. The zero-order valence-electron chi connectivity index (χ0n) is 15.7. The summed E-state index contributed by atoms with van der Waals surface area (Å²) in [5.74, 6) is 1.09. The van der Waals surface area contributed by atoms with Crippen LogP contribution in [0.5, 0.6) is 0 Å². The van der Waals surface area contributed by atoms with Crippen molar-refractivity contribution < 1.29 is 0 Å². The van der Waals surface area contributed by atoms with Crippen LogP contribution in [-0.2, 0) is 0 Å². The summed E-state index contributed by atoms with van der Waals surface area (Å²) < 4.78 is 0. The van der Waals surface area contributed by atoms with E-state index in [4.69, 9.17) is 5.73 Å². The van der Waals surface area contributed by atoms with Crippen molar-refractivity contribution in [3.63, 3.8) is 0 Å². The summed E-state index contributed by atoms with van der Waals surface area (Å²) in [6.07, 6.45) is 5.63. The Morgan fingerprint density at radius 3 is 2.70 bits per heavy atom. The molecule has 0 aliphatic carbocycles. The van der Waals surface area contributed by atoms with Gasteiger partial charge in [0.05, 0.1) is 11.8 Å². The fourth-order valence-electron chi connectivity index (χ4n) is 3.59. The number of nitrogens with zero attached hydrogens (tertiary/aromatic N) is 4. The summed E-state index contributed by atoms with van der Waals surface area (Å²) in [4.78, 5) is 11.4. The van der Waals surface area contributed by atoms with Gasteiger partial charge >= 0.3 is 0 Å². The summed E-state index contributed by atoms with van der Waals surface area (Å²) in [5.41, 5.74) is 11.4. The molecule has 2 aliphatic rings. The molecule has 0 amide bonds. The van der Waals surface area contributed by atoms with Crippen LogP contribution in [0.3, 0.4) is 0 Å². The van der Waals surface area contributed by atoms with Crippen LogP contribution in [0.25, 0.3) is 0 Å². The number of allylic oxidation sites excluding steroid dienone is 1. The third kappa shape index (κ3) is 3.58. The van der Waals surface area contributed by atoms with E-state index in [1.807, 2.05) is 0 Å². The van der Waals surface area contributed by atoms with Gasteiger partial charge in [0.1, 0.15) is 5.70 Å². The van der Waals surface area contributed by atoms with Crippen molar-refractivity contribution in [2.75, 3.05) is 18.4 Å². The lowest BCUT2D eigenvalue weighted by molar-refractivity contribution is 0.271. The number of rotatable bonds is 4. The topological polar surface area (TPSA) is 94.7 Å². The van der Waals surface area contributed by atoms with Crippen LogP contribution in [0.2, 0.25) is 0 Å². The molecule has 2 aliphatic heterocycles. The lowest BCUT2D eigenvalue weighted by Gasteiger charge is -2.35. The standard InChI is InChI=1S/C20H25N7/c1-13-5-3-4-6-17(13)24-16-7-9-27(10-8-16)14(2)18-19(21)26-20(25-18)15-11-22-23-12-15/h3-6,11-12,16,24H,7-10H2,1-2H3,(H,22,23)(H2,21,25,26)/b18-14-. The molecule has 2 aromatic rings. The molecule has 0 radical (unpaired) electrons. The highest BCUT2D eigenvalue weighted by Crippen LogP contribution is 2.24. The van der Waals surface area contributed by atoms with Gasteiger partial charge in [-0.05, 0) is 38.3 Å². The Balaban J connectivity index is 1.43. The number of aryl methyl sites for hydroxylation is 1. The molecule has 0 bridgehead atoms. The minimum atomic E-state index is 0.476. The molecule has 4 rings (SSSR count). The van der Waals surface area contributed by atoms with Crippen LogP contribution >= 0.6 is 0 Å². The van der Waals surface area contributed by atoms with Crippen molar-refractivity contribution in [2.45, 2.75) is 32.7 Å². The molecule has 7 heteroatoms. The quantitative estimate of drug-likeness (QED) is 0.778. The number of likely N-dealkylation sites (tertiary alicyclic amines) is 1. The molecular formula is C20H25N7. The molecule has 0 atom stereocenters. The van der Waals surface area contributed by atoms with Crippen LogP contribution in [0, 0.1) is 6.92 Å². The zero-order chi connectivity index (χ0) is 18.8. The normalized spacial score (nSPS) is 19.7. The Bertz CT molecular complexity index is 900. The largest absolute Gasteiger partial charge is 0.382 e. The molecule has 0 unspecified atom stereocenters. The van der Waals surface area contributed by atoms with Gasteiger partial charge in [0.15, 0.2) is 11.7 Å². The van der Waals surface area contributed by atoms with Crippen LogP contribution in [0.4, 0.5) is 5.69 Å². The lowest BCUT2D eigenvalue weighted by atomic mass is 10.0. The van der Waals surface area contributed by atoms with E-state index in [0.29, 0.717) is 17.7 Å². The Hall–Kier alpha value is -3.09. The van der Waals surface area contributed by atoms with Crippen molar-refractivity contribution in [3.05, 3.63) is 59.2 Å². The number of amidine groups is 2. The number of nitrogens with one attached hydrogen (secondary N) is 2. The van der Waals surface area contributed by atoms with Crippen molar-refractivity contribution in [1.29, 1.82) is 0 Å². The molecule has 1 aromatic heterocycles. The number of hydrogen-bond donors (Lipinski definition) is 3. The molecule has 4 N–H and O–H groups in total. The van der Waals surface area contributed by atoms with Crippen LogP contribution < -0.4 is 11.1 Å². The van der Waals surface area contributed by atoms with E-state index in [-0.39, 0.29) is 0 Å². The summed E-state index contributed by atoms with van der Waals surface area (Å²) in [5, 5.41) is 10.4. The predicted octanol–water partition coefficient (Wildman–Crippen LogP) is 2.64. The number of aromatic amines is 1. The number of H-pyrrole nitrogens is 1. The van der Waals surface area contributed by atoms with Crippen LogP contribution in [-0.4, -0.2) is 45.9 Å². The number of piperidine rings is 1. The predicted molar refractivity (Wildman–Crippen MR) is 109 cm³/mol. The van der Waals surface area contributed by atoms with Gasteiger partial charge in [0.25, 0.3) is 0 Å². The SMILES string of the molecule is C/C(=C1/N=C(c2cn[nH]c2)N=C1N)N1CCC(Nc2ccccc2C)CC1. The maximum atomic E-state index is 6.14. The molecule has 27 heavy (non-hydrogen) atoms. The van der Waals surface area contributed by atoms with Crippen molar-refractivity contribution in [1.82, 2.24) is 15.1 Å². The number of aliphatic imine (C=N–C) groups is 2. The molecule has 3 heterocycles. The van der Waals surface area contributed by atoms with E-state index in [1.54, 1.807) is 12.4 Å². The van der Waals surface area contributed by atoms with E-state index in [0.717, 1.165) is 42.9 Å². The fraction of sp³-hybridized carbons (Fsp3) is 0.350. The number of hydrogen-bond acceptors (Lipinski definition) is 6.